The van der Waals surface area contributed by atoms with E-state index in [2.05, 4.69) is 4.98 Å². The van der Waals surface area contributed by atoms with Gasteiger partial charge in [-0.2, -0.15) is 0 Å². The maximum absolute atomic E-state index is 12.3. The first kappa shape index (κ1) is 14.4. The number of pyridine rings is 1. The maximum Gasteiger partial charge on any atom is 0.319 e. The summed E-state index contributed by atoms with van der Waals surface area (Å²) < 4.78 is 0. The second-order valence-electron chi connectivity index (χ2n) is 4.00. The number of hydrogen-bond acceptors (Lipinski definition) is 5. The summed E-state index contributed by atoms with van der Waals surface area (Å²) in [6.07, 6.45) is 1.28. The Kier molecular flexibility index (Phi) is 4.31. The summed E-state index contributed by atoms with van der Waals surface area (Å²) in [6.45, 7) is 0.383. The molecule has 6 nitrogen and oxygen atoms in total. The molecule has 0 saturated heterocycles. The lowest BCUT2D eigenvalue weighted by atomic mass is 10.2. The van der Waals surface area contributed by atoms with E-state index < -0.39 is 16.5 Å². The van der Waals surface area contributed by atoms with Crippen LogP contribution in [0.1, 0.15) is 15.2 Å². The van der Waals surface area contributed by atoms with Gasteiger partial charge in [0.1, 0.15) is 5.56 Å². The molecule has 2 aromatic rings. The van der Waals surface area contributed by atoms with E-state index in [1.54, 1.807) is 7.05 Å². The summed E-state index contributed by atoms with van der Waals surface area (Å²) >= 11 is 7.21. The summed E-state index contributed by atoms with van der Waals surface area (Å²) in [7, 11) is 1.58. The van der Waals surface area contributed by atoms with Gasteiger partial charge in [-0.1, -0.05) is 17.7 Å². The molecule has 104 valence electrons. The SMILES string of the molecule is CN(Cc1cccs1)C(=O)c1ccnc(Cl)c1[N+](=O)[O-]. The topological polar surface area (TPSA) is 76.3 Å². The monoisotopic (exact) mass is 311 g/mol. The Morgan fingerprint density at radius 3 is 2.90 bits per heavy atom. The number of carbonyl (C=O) groups excluding carboxylic acids is 1. The summed E-state index contributed by atoms with van der Waals surface area (Å²) in [5.41, 5.74) is -0.522. The zero-order valence-corrected chi connectivity index (χ0v) is 12.0. The Morgan fingerprint density at radius 2 is 2.30 bits per heavy atom. The van der Waals surface area contributed by atoms with E-state index in [1.165, 1.54) is 28.5 Å². The van der Waals surface area contributed by atoms with E-state index in [0.29, 0.717) is 6.54 Å². The molecule has 0 atom stereocenters. The second-order valence-corrected chi connectivity index (χ2v) is 5.39. The van der Waals surface area contributed by atoms with E-state index in [-0.39, 0.29) is 10.7 Å². The van der Waals surface area contributed by atoms with Gasteiger partial charge in [0.2, 0.25) is 5.15 Å². The predicted octanol–water partition coefficient (Wildman–Crippen LogP) is 2.98. The Hall–Kier alpha value is -1.99. The van der Waals surface area contributed by atoms with Crippen molar-refractivity contribution in [2.75, 3.05) is 7.05 Å². The minimum atomic E-state index is -0.693. The average Bonchev–Trinajstić information content (AvgIpc) is 2.89. The molecule has 8 heteroatoms. The number of aromatic nitrogens is 1. The van der Waals surface area contributed by atoms with Crippen molar-refractivity contribution in [3.8, 4) is 0 Å². The van der Waals surface area contributed by atoms with Gasteiger partial charge in [-0.25, -0.2) is 4.98 Å². The molecule has 1 amide bonds. The highest BCUT2D eigenvalue weighted by Crippen LogP contribution is 2.27. The average molecular weight is 312 g/mol. The summed E-state index contributed by atoms with van der Waals surface area (Å²) in [4.78, 5) is 28.6. The van der Waals surface area contributed by atoms with Gasteiger partial charge in [0.15, 0.2) is 0 Å². The molecular weight excluding hydrogens is 302 g/mol. The molecule has 2 aromatic heterocycles. The molecule has 0 aromatic carbocycles. The predicted molar refractivity (Wildman–Crippen MR) is 76.0 cm³/mol. The van der Waals surface area contributed by atoms with Crippen molar-refractivity contribution in [3.63, 3.8) is 0 Å². The number of carbonyl (C=O) groups is 1. The largest absolute Gasteiger partial charge is 0.336 e. The van der Waals surface area contributed by atoms with Gasteiger partial charge in [0.25, 0.3) is 5.91 Å². The van der Waals surface area contributed by atoms with Crippen molar-refractivity contribution in [2.45, 2.75) is 6.54 Å². The summed E-state index contributed by atoms with van der Waals surface area (Å²) in [5.74, 6) is -0.464. The zero-order valence-electron chi connectivity index (χ0n) is 10.4. The number of nitrogens with zero attached hydrogens (tertiary/aromatic N) is 3. The molecule has 0 radical (unpaired) electrons. The molecule has 0 unspecified atom stereocenters. The molecule has 0 aliphatic heterocycles. The molecule has 0 spiro atoms. The number of hydrogen-bond donors (Lipinski definition) is 0. The highest BCUT2D eigenvalue weighted by Gasteiger charge is 2.26. The third-order valence-corrected chi connectivity index (χ3v) is 3.75. The van der Waals surface area contributed by atoms with Crippen LogP contribution in [0.4, 0.5) is 5.69 Å². The van der Waals surface area contributed by atoms with Crippen LogP contribution in [0.15, 0.2) is 29.8 Å². The summed E-state index contributed by atoms with van der Waals surface area (Å²) in [6, 6.07) is 5.07. The van der Waals surface area contributed by atoms with E-state index >= 15 is 0 Å². The van der Waals surface area contributed by atoms with Gasteiger partial charge in [0.05, 0.1) is 11.5 Å². The van der Waals surface area contributed by atoms with Gasteiger partial charge >= 0.3 is 5.69 Å². The Balaban J connectivity index is 2.29. The van der Waals surface area contributed by atoms with Crippen molar-refractivity contribution < 1.29 is 9.72 Å². The van der Waals surface area contributed by atoms with Gasteiger partial charge in [0, 0.05) is 18.1 Å². The number of nitro groups is 1. The van der Waals surface area contributed by atoms with Crippen LogP contribution < -0.4 is 0 Å². The van der Waals surface area contributed by atoms with Crippen molar-refractivity contribution in [1.29, 1.82) is 0 Å². The third kappa shape index (κ3) is 2.94. The Morgan fingerprint density at radius 1 is 1.55 bits per heavy atom. The van der Waals surface area contributed by atoms with Gasteiger partial charge < -0.3 is 4.90 Å². The number of thiophene rings is 1. The molecule has 0 saturated carbocycles. The fraction of sp³-hybridized carbons (Fsp3) is 0.167. The minimum absolute atomic E-state index is 0.0611. The minimum Gasteiger partial charge on any atom is -0.336 e. The van der Waals surface area contributed by atoms with Crippen LogP contribution in [0.3, 0.4) is 0 Å². The third-order valence-electron chi connectivity index (χ3n) is 2.61. The van der Waals surface area contributed by atoms with Crippen LogP contribution in [0, 0.1) is 10.1 Å². The highest BCUT2D eigenvalue weighted by atomic mass is 35.5. The van der Waals surface area contributed by atoms with E-state index in [4.69, 9.17) is 11.6 Å². The van der Waals surface area contributed by atoms with Gasteiger partial charge in [-0.3, -0.25) is 14.9 Å². The lowest BCUT2D eigenvalue weighted by Crippen LogP contribution is -2.26. The molecule has 2 rings (SSSR count). The first-order valence-corrected chi connectivity index (χ1v) is 6.83. The lowest BCUT2D eigenvalue weighted by molar-refractivity contribution is -0.385. The highest BCUT2D eigenvalue weighted by molar-refractivity contribution is 7.09. The Labute approximate surface area is 123 Å². The van der Waals surface area contributed by atoms with E-state index in [1.807, 2.05) is 17.5 Å². The molecule has 0 N–H and O–H groups in total. The van der Waals surface area contributed by atoms with Crippen molar-refractivity contribution in [2.24, 2.45) is 0 Å². The van der Waals surface area contributed by atoms with E-state index in [0.717, 1.165) is 4.88 Å². The van der Waals surface area contributed by atoms with Crippen molar-refractivity contribution >= 4 is 34.5 Å². The fourth-order valence-electron chi connectivity index (χ4n) is 1.69. The maximum atomic E-state index is 12.3. The molecule has 0 fully saturated rings. The molecule has 0 aliphatic rings. The van der Waals surface area contributed by atoms with Crippen LogP contribution in [-0.2, 0) is 6.54 Å². The van der Waals surface area contributed by atoms with Crippen LogP contribution in [0.25, 0.3) is 0 Å². The van der Waals surface area contributed by atoms with Crippen molar-refractivity contribution in [1.82, 2.24) is 9.88 Å². The van der Waals surface area contributed by atoms with Crippen molar-refractivity contribution in [3.05, 3.63) is 55.5 Å². The normalized spacial score (nSPS) is 10.3. The zero-order chi connectivity index (χ0) is 14.7. The lowest BCUT2D eigenvalue weighted by Gasteiger charge is -2.16. The van der Waals surface area contributed by atoms with Crippen LogP contribution in [-0.4, -0.2) is 27.8 Å². The first-order valence-electron chi connectivity index (χ1n) is 5.57. The summed E-state index contributed by atoms with van der Waals surface area (Å²) in [5, 5.41) is 12.6. The molecular formula is C12H10ClN3O3S. The first-order chi connectivity index (χ1) is 9.50. The van der Waals surface area contributed by atoms with Gasteiger partial charge in [-0.05, 0) is 17.5 Å². The van der Waals surface area contributed by atoms with Crippen LogP contribution in [0.2, 0.25) is 5.15 Å². The second kappa shape index (κ2) is 5.98. The molecule has 2 heterocycles. The fourth-order valence-corrected chi connectivity index (χ4v) is 2.67. The van der Waals surface area contributed by atoms with Crippen LogP contribution >= 0.6 is 22.9 Å². The number of halogens is 1. The molecule has 0 bridgehead atoms. The Bertz CT molecular complexity index is 645. The quantitative estimate of drug-likeness (QED) is 0.494. The standard InChI is InChI=1S/C12H10ClN3O3S/c1-15(7-8-3-2-6-20-8)12(17)9-4-5-14-11(13)10(9)16(18)19/h2-6H,7H2,1H3. The van der Waals surface area contributed by atoms with E-state index in [9.17, 15) is 14.9 Å². The molecule has 0 aliphatic carbocycles. The van der Waals surface area contributed by atoms with Gasteiger partial charge in [-0.15, -0.1) is 11.3 Å². The molecule has 20 heavy (non-hydrogen) atoms. The number of amides is 1. The number of rotatable bonds is 4. The smallest absolute Gasteiger partial charge is 0.319 e. The van der Waals surface area contributed by atoms with Crippen LogP contribution in [0.5, 0.6) is 0 Å².